The van der Waals surface area contributed by atoms with Gasteiger partial charge >= 0.3 is 6.03 Å². The molecule has 3 N–H and O–H groups in total. The van der Waals surface area contributed by atoms with E-state index in [2.05, 4.69) is 28.5 Å². The highest BCUT2D eigenvalue weighted by atomic mass is 32.1. The highest BCUT2D eigenvalue weighted by Gasteiger charge is 2.22. The Morgan fingerprint density at radius 2 is 2.39 bits per heavy atom. The van der Waals surface area contributed by atoms with E-state index in [-0.39, 0.29) is 12.1 Å². The lowest BCUT2D eigenvalue weighted by atomic mass is 10.1. The summed E-state index contributed by atoms with van der Waals surface area (Å²) in [4.78, 5) is 17.2. The molecule has 0 saturated carbocycles. The number of nitrogens with one attached hydrogen (secondary N) is 1. The van der Waals surface area contributed by atoms with Crippen molar-refractivity contribution in [1.82, 2.24) is 14.3 Å². The van der Waals surface area contributed by atoms with Crippen molar-refractivity contribution in [2.75, 3.05) is 18.4 Å². The van der Waals surface area contributed by atoms with E-state index in [4.69, 9.17) is 5.73 Å². The standard InChI is InChI=1S/C11H19N5OS/c1-7(2)9-14-11(18-15-9)13-8-4-3-5-16(6-8)10(12)17/h7-8H,3-6H2,1-2H3,(H2,12,17)(H,13,14,15)/t8-/m1/s1. The number of carbonyl (C=O) groups excluding carboxylic acids is 1. The lowest BCUT2D eigenvalue weighted by Crippen LogP contribution is -2.47. The fraction of sp³-hybridized carbons (Fsp3) is 0.727. The van der Waals surface area contributed by atoms with Crippen LogP contribution in [0.1, 0.15) is 38.4 Å². The number of anilines is 1. The molecule has 0 aromatic carbocycles. The van der Waals surface area contributed by atoms with Crippen molar-refractivity contribution in [3.63, 3.8) is 0 Å². The van der Waals surface area contributed by atoms with Crippen LogP contribution >= 0.6 is 11.5 Å². The first-order valence-electron chi connectivity index (χ1n) is 6.20. The van der Waals surface area contributed by atoms with Gasteiger partial charge in [-0.3, -0.25) is 0 Å². The average Bonchev–Trinajstić information content (AvgIpc) is 2.78. The molecule has 1 aliphatic heterocycles. The normalized spacial score (nSPS) is 20.2. The molecule has 1 saturated heterocycles. The van der Waals surface area contributed by atoms with Crippen LogP contribution in [-0.4, -0.2) is 39.4 Å². The number of rotatable bonds is 3. The van der Waals surface area contributed by atoms with Crippen LogP contribution in [0.5, 0.6) is 0 Å². The van der Waals surface area contributed by atoms with Crippen molar-refractivity contribution >= 4 is 22.7 Å². The summed E-state index contributed by atoms with van der Waals surface area (Å²) in [7, 11) is 0. The fourth-order valence-electron chi connectivity index (χ4n) is 2.00. The Morgan fingerprint density at radius 3 is 3.00 bits per heavy atom. The average molecular weight is 269 g/mol. The zero-order chi connectivity index (χ0) is 13.1. The van der Waals surface area contributed by atoms with Crippen molar-refractivity contribution in [3.8, 4) is 0 Å². The Balaban J connectivity index is 1.94. The summed E-state index contributed by atoms with van der Waals surface area (Å²) in [5.74, 6) is 1.20. The van der Waals surface area contributed by atoms with Gasteiger partial charge in [-0.1, -0.05) is 13.8 Å². The van der Waals surface area contributed by atoms with E-state index < -0.39 is 0 Å². The summed E-state index contributed by atoms with van der Waals surface area (Å²) in [5, 5.41) is 4.17. The quantitative estimate of drug-likeness (QED) is 0.873. The maximum Gasteiger partial charge on any atom is 0.314 e. The molecule has 0 unspecified atom stereocenters. The molecule has 0 spiro atoms. The third kappa shape index (κ3) is 3.10. The molecule has 7 heteroatoms. The third-order valence-electron chi connectivity index (χ3n) is 3.02. The molecular weight excluding hydrogens is 250 g/mol. The van der Waals surface area contributed by atoms with E-state index in [0.29, 0.717) is 12.5 Å². The van der Waals surface area contributed by atoms with E-state index in [9.17, 15) is 4.79 Å². The summed E-state index contributed by atoms with van der Waals surface area (Å²) >= 11 is 1.37. The lowest BCUT2D eigenvalue weighted by molar-refractivity contribution is 0.192. The number of nitrogens with zero attached hydrogens (tertiary/aromatic N) is 3. The summed E-state index contributed by atoms with van der Waals surface area (Å²) in [5.41, 5.74) is 5.30. The van der Waals surface area contributed by atoms with Gasteiger partial charge in [-0.15, -0.1) is 0 Å². The SMILES string of the molecule is CC(C)c1nsc(N[C@@H]2CCCN(C(N)=O)C2)n1. The first-order valence-corrected chi connectivity index (χ1v) is 6.98. The van der Waals surface area contributed by atoms with Crippen LogP contribution < -0.4 is 11.1 Å². The van der Waals surface area contributed by atoms with Crippen LogP contribution in [0.2, 0.25) is 0 Å². The van der Waals surface area contributed by atoms with Crippen molar-refractivity contribution in [3.05, 3.63) is 5.82 Å². The minimum absolute atomic E-state index is 0.221. The largest absolute Gasteiger partial charge is 0.356 e. The van der Waals surface area contributed by atoms with Gasteiger partial charge in [-0.2, -0.15) is 4.37 Å². The second-order valence-electron chi connectivity index (χ2n) is 4.88. The number of hydrogen-bond acceptors (Lipinski definition) is 5. The van der Waals surface area contributed by atoms with E-state index >= 15 is 0 Å². The van der Waals surface area contributed by atoms with Crippen molar-refractivity contribution in [2.24, 2.45) is 5.73 Å². The predicted molar refractivity (Wildman–Crippen MR) is 71.8 cm³/mol. The molecule has 1 aliphatic rings. The molecule has 2 amide bonds. The monoisotopic (exact) mass is 269 g/mol. The minimum atomic E-state index is -0.346. The van der Waals surface area contributed by atoms with E-state index in [1.807, 2.05) is 0 Å². The van der Waals surface area contributed by atoms with E-state index in [1.165, 1.54) is 11.5 Å². The number of primary amides is 1. The molecule has 1 aromatic heterocycles. The van der Waals surface area contributed by atoms with Crippen molar-refractivity contribution < 1.29 is 4.79 Å². The first-order chi connectivity index (χ1) is 8.56. The number of likely N-dealkylation sites (tertiary alicyclic amines) is 1. The molecule has 0 bridgehead atoms. The Morgan fingerprint density at radius 1 is 1.61 bits per heavy atom. The van der Waals surface area contributed by atoms with Crippen molar-refractivity contribution in [2.45, 2.75) is 38.6 Å². The van der Waals surface area contributed by atoms with Gasteiger partial charge in [-0.25, -0.2) is 9.78 Å². The molecule has 6 nitrogen and oxygen atoms in total. The lowest BCUT2D eigenvalue weighted by Gasteiger charge is -2.31. The highest BCUT2D eigenvalue weighted by molar-refractivity contribution is 7.09. The Labute approximate surface area is 111 Å². The molecule has 18 heavy (non-hydrogen) atoms. The van der Waals surface area contributed by atoms with Crippen LogP contribution in [0.25, 0.3) is 0 Å². The summed E-state index contributed by atoms with van der Waals surface area (Å²) in [6.45, 7) is 5.54. The number of aromatic nitrogens is 2. The number of amides is 2. The Kier molecular flexibility index (Phi) is 4.00. The molecule has 0 radical (unpaired) electrons. The fourth-order valence-corrected chi connectivity index (χ4v) is 2.78. The smallest absolute Gasteiger partial charge is 0.314 e. The third-order valence-corrected chi connectivity index (χ3v) is 3.68. The Bertz CT molecular complexity index is 419. The molecule has 0 aliphatic carbocycles. The van der Waals surface area contributed by atoms with Gasteiger partial charge in [0.1, 0.15) is 5.82 Å². The Hall–Kier alpha value is -1.37. The molecule has 1 atom stereocenters. The van der Waals surface area contributed by atoms with Crippen LogP contribution in [0.4, 0.5) is 9.93 Å². The van der Waals surface area contributed by atoms with Gasteiger partial charge in [-0.05, 0) is 12.8 Å². The van der Waals surface area contributed by atoms with Crippen LogP contribution in [0, 0.1) is 0 Å². The number of piperidine rings is 1. The number of nitrogens with two attached hydrogens (primary N) is 1. The zero-order valence-corrected chi connectivity index (χ0v) is 11.5. The summed E-state index contributed by atoms with van der Waals surface area (Å²) in [6, 6.07) is -0.124. The molecule has 100 valence electrons. The second kappa shape index (κ2) is 5.51. The van der Waals surface area contributed by atoms with E-state index in [1.54, 1.807) is 4.90 Å². The zero-order valence-electron chi connectivity index (χ0n) is 10.7. The van der Waals surface area contributed by atoms with Gasteiger partial charge in [0.25, 0.3) is 0 Å². The maximum absolute atomic E-state index is 11.1. The van der Waals surface area contributed by atoms with Crippen LogP contribution in [0.15, 0.2) is 0 Å². The van der Waals surface area contributed by atoms with E-state index in [0.717, 1.165) is 30.3 Å². The molecule has 1 fully saturated rings. The predicted octanol–water partition coefficient (Wildman–Crippen LogP) is 1.62. The summed E-state index contributed by atoms with van der Waals surface area (Å²) in [6.07, 6.45) is 2.00. The topological polar surface area (TPSA) is 84.1 Å². The van der Waals surface area contributed by atoms with Crippen molar-refractivity contribution in [1.29, 1.82) is 0 Å². The van der Waals surface area contributed by atoms with Gasteiger partial charge in [0.2, 0.25) is 5.13 Å². The minimum Gasteiger partial charge on any atom is -0.356 e. The number of carbonyl (C=O) groups is 1. The van der Waals surface area contributed by atoms with Crippen LogP contribution in [0.3, 0.4) is 0 Å². The maximum atomic E-state index is 11.1. The highest BCUT2D eigenvalue weighted by Crippen LogP contribution is 2.20. The van der Waals surface area contributed by atoms with Gasteiger partial charge in [0.05, 0.1) is 0 Å². The summed E-state index contributed by atoms with van der Waals surface area (Å²) < 4.78 is 4.30. The first kappa shape index (κ1) is 13.1. The molecule has 2 rings (SSSR count). The van der Waals surface area contributed by atoms with Gasteiger partial charge < -0.3 is 16.0 Å². The van der Waals surface area contributed by atoms with Crippen LogP contribution in [-0.2, 0) is 0 Å². The molecule has 1 aromatic rings. The number of urea groups is 1. The van der Waals surface area contributed by atoms with Gasteiger partial charge in [0.15, 0.2) is 0 Å². The number of hydrogen-bond donors (Lipinski definition) is 2. The molecule has 2 heterocycles. The van der Waals surface area contributed by atoms with Gasteiger partial charge in [0, 0.05) is 36.6 Å². The molecular formula is C11H19N5OS. The second-order valence-corrected chi connectivity index (χ2v) is 5.63.